The molecule has 1 aromatic carbocycles. The second kappa shape index (κ2) is 8.58. The number of carbonyl (C=O) groups is 2. The molecule has 5 nitrogen and oxygen atoms in total. The lowest BCUT2D eigenvalue weighted by Gasteiger charge is -2.12. The van der Waals surface area contributed by atoms with Crippen LogP contribution in [0.15, 0.2) is 39.7 Å². The number of rotatable bonds is 6. The number of hydrogen-bond donors (Lipinski definition) is 0. The van der Waals surface area contributed by atoms with Crippen LogP contribution in [0.3, 0.4) is 0 Å². The number of thioether (sulfide) groups is 1. The molecule has 1 aliphatic heterocycles. The fourth-order valence-electron chi connectivity index (χ4n) is 2.41. The predicted molar refractivity (Wildman–Crippen MR) is 111 cm³/mol. The molecule has 1 aromatic heterocycles. The third-order valence-electron chi connectivity index (χ3n) is 3.61. The Balaban J connectivity index is 1.79. The molecule has 27 heavy (non-hydrogen) atoms. The molecule has 0 N–H and O–H groups in total. The van der Waals surface area contributed by atoms with Crippen LogP contribution in [0.1, 0.15) is 5.76 Å². The molecule has 140 valence electrons. The first-order chi connectivity index (χ1) is 12.9. The Hall–Kier alpha value is -1.64. The summed E-state index contributed by atoms with van der Waals surface area (Å²) in [7, 11) is 1.42. The van der Waals surface area contributed by atoms with E-state index >= 15 is 0 Å². The minimum Gasteiger partial charge on any atom is -0.457 e. The number of Topliss-reactive ketones (excluding diaryl/α,β-unsaturated/α-hetero) is 1. The van der Waals surface area contributed by atoms with Crippen LogP contribution in [0.4, 0.5) is 0 Å². The Bertz CT molecular complexity index is 955. The summed E-state index contributed by atoms with van der Waals surface area (Å²) in [4.78, 5) is 25.9. The highest BCUT2D eigenvalue weighted by Crippen LogP contribution is 2.35. The summed E-state index contributed by atoms with van der Waals surface area (Å²) < 4.78 is 10.9. The third-order valence-corrected chi connectivity index (χ3v) is 5.54. The number of amides is 1. The van der Waals surface area contributed by atoms with Crippen molar-refractivity contribution in [3.63, 3.8) is 0 Å². The highest BCUT2D eigenvalue weighted by Gasteiger charge is 2.33. The number of hydrogen-bond acceptors (Lipinski definition) is 6. The van der Waals surface area contributed by atoms with Gasteiger partial charge in [-0.05, 0) is 30.3 Å². The van der Waals surface area contributed by atoms with Gasteiger partial charge in [0.1, 0.15) is 22.4 Å². The van der Waals surface area contributed by atoms with Crippen LogP contribution in [0.5, 0.6) is 0 Å². The fourth-order valence-corrected chi connectivity index (χ4v) is 4.15. The van der Waals surface area contributed by atoms with Crippen molar-refractivity contribution in [2.45, 2.75) is 0 Å². The molecule has 0 aliphatic carbocycles. The van der Waals surface area contributed by atoms with Crippen molar-refractivity contribution in [3.05, 3.63) is 51.0 Å². The second-order valence-electron chi connectivity index (χ2n) is 5.57. The molecular weight excluding hydrogens is 429 g/mol. The maximum atomic E-state index is 12.5. The first kappa shape index (κ1) is 20.1. The molecule has 9 heteroatoms. The quantitative estimate of drug-likeness (QED) is 0.479. The molecule has 1 fully saturated rings. The predicted octanol–water partition coefficient (Wildman–Crippen LogP) is 4.67. The van der Waals surface area contributed by atoms with E-state index in [1.54, 1.807) is 36.4 Å². The number of furan rings is 1. The minimum absolute atomic E-state index is 0.0699. The van der Waals surface area contributed by atoms with E-state index in [-0.39, 0.29) is 24.8 Å². The van der Waals surface area contributed by atoms with Crippen molar-refractivity contribution in [2.24, 2.45) is 0 Å². The first-order valence-electron chi connectivity index (χ1n) is 7.70. The van der Waals surface area contributed by atoms with Crippen molar-refractivity contribution < 1.29 is 18.7 Å². The molecule has 0 spiro atoms. The molecule has 1 saturated heterocycles. The van der Waals surface area contributed by atoms with E-state index in [0.717, 1.165) is 11.8 Å². The number of ketones is 1. The maximum absolute atomic E-state index is 12.5. The normalized spacial score (nSPS) is 15.8. The lowest BCUT2D eigenvalue weighted by molar-refractivity contribution is -0.129. The van der Waals surface area contributed by atoms with Gasteiger partial charge in [0.15, 0.2) is 5.78 Å². The Morgan fingerprint density at radius 1 is 1.33 bits per heavy atom. The molecule has 1 amide bonds. The van der Waals surface area contributed by atoms with E-state index in [2.05, 4.69) is 0 Å². The van der Waals surface area contributed by atoms with Gasteiger partial charge >= 0.3 is 0 Å². The molecule has 0 bridgehead atoms. The van der Waals surface area contributed by atoms with Gasteiger partial charge in [-0.1, -0.05) is 47.2 Å². The van der Waals surface area contributed by atoms with Gasteiger partial charge < -0.3 is 9.15 Å². The van der Waals surface area contributed by atoms with Crippen molar-refractivity contribution in [3.8, 4) is 11.3 Å². The van der Waals surface area contributed by atoms with Gasteiger partial charge in [0.25, 0.3) is 5.91 Å². The topological polar surface area (TPSA) is 59.8 Å². The van der Waals surface area contributed by atoms with Crippen LogP contribution in [0.25, 0.3) is 17.4 Å². The molecule has 2 aromatic rings. The van der Waals surface area contributed by atoms with Crippen molar-refractivity contribution in [2.75, 3.05) is 20.3 Å². The summed E-state index contributed by atoms with van der Waals surface area (Å²) in [5.74, 6) is 0.457. The van der Waals surface area contributed by atoms with E-state index in [1.807, 2.05) is 0 Å². The Kier molecular flexibility index (Phi) is 6.39. The molecule has 0 unspecified atom stereocenters. The monoisotopic (exact) mass is 441 g/mol. The number of carbonyl (C=O) groups excluding carboxylic acids is 2. The summed E-state index contributed by atoms with van der Waals surface area (Å²) in [5.41, 5.74) is 0.693. The van der Waals surface area contributed by atoms with Gasteiger partial charge in [-0.25, -0.2) is 0 Å². The van der Waals surface area contributed by atoms with Crippen LogP contribution >= 0.6 is 47.2 Å². The maximum Gasteiger partial charge on any atom is 0.266 e. The Morgan fingerprint density at radius 2 is 2.11 bits per heavy atom. The minimum atomic E-state index is -0.336. The van der Waals surface area contributed by atoms with Crippen molar-refractivity contribution in [1.29, 1.82) is 0 Å². The number of methoxy groups -OCH3 is 1. The molecule has 2 heterocycles. The average Bonchev–Trinajstić information content (AvgIpc) is 3.16. The summed E-state index contributed by atoms with van der Waals surface area (Å²) in [6, 6.07) is 8.58. The SMILES string of the molecule is COCC(=O)CN1C(=O)C(=Cc2ccc(-c3ccc(Cl)cc3Cl)o2)SC1=S. The average molecular weight is 442 g/mol. The molecule has 0 saturated carbocycles. The highest BCUT2D eigenvalue weighted by molar-refractivity contribution is 8.26. The lowest BCUT2D eigenvalue weighted by Crippen LogP contribution is -2.34. The number of ether oxygens (including phenoxy) is 1. The molecule has 0 radical (unpaired) electrons. The molecule has 0 atom stereocenters. The van der Waals surface area contributed by atoms with Crippen LogP contribution in [-0.4, -0.2) is 41.2 Å². The Labute approximate surface area is 175 Å². The van der Waals surface area contributed by atoms with Crippen LogP contribution in [-0.2, 0) is 14.3 Å². The molecular formula is C18H13Cl2NO4S2. The number of thiocarbonyl (C=S) groups is 1. The summed E-state index contributed by atoms with van der Waals surface area (Å²) in [5, 5.41) is 0.994. The van der Waals surface area contributed by atoms with E-state index in [4.69, 9.17) is 44.6 Å². The van der Waals surface area contributed by atoms with E-state index in [0.29, 0.717) is 36.4 Å². The van der Waals surface area contributed by atoms with E-state index in [9.17, 15) is 9.59 Å². The smallest absolute Gasteiger partial charge is 0.266 e. The first-order valence-corrected chi connectivity index (χ1v) is 9.68. The van der Waals surface area contributed by atoms with E-state index in [1.165, 1.54) is 12.0 Å². The van der Waals surface area contributed by atoms with Gasteiger partial charge in [-0.2, -0.15) is 0 Å². The standard InChI is InChI=1S/C18H13Cl2NO4S2/c1-24-9-11(22)8-21-17(23)16(27-18(21)26)7-12-3-5-15(25-12)13-4-2-10(19)6-14(13)20/h2-7H,8-9H2,1H3. The zero-order chi connectivity index (χ0) is 19.6. The highest BCUT2D eigenvalue weighted by atomic mass is 35.5. The lowest BCUT2D eigenvalue weighted by atomic mass is 10.2. The van der Waals surface area contributed by atoms with Gasteiger partial charge in [-0.15, -0.1) is 0 Å². The zero-order valence-corrected chi connectivity index (χ0v) is 17.2. The molecule has 1 aliphatic rings. The number of nitrogens with zero attached hydrogens (tertiary/aromatic N) is 1. The van der Waals surface area contributed by atoms with Crippen LogP contribution < -0.4 is 0 Å². The van der Waals surface area contributed by atoms with E-state index < -0.39 is 0 Å². The third kappa shape index (κ3) is 4.62. The zero-order valence-electron chi connectivity index (χ0n) is 14.0. The summed E-state index contributed by atoms with van der Waals surface area (Å²) in [6.07, 6.45) is 1.59. The van der Waals surface area contributed by atoms with Gasteiger partial charge in [0.2, 0.25) is 0 Å². The Morgan fingerprint density at radius 3 is 2.81 bits per heavy atom. The van der Waals surface area contributed by atoms with Crippen LogP contribution in [0, 0.1) is 0 Å². The largest absolute Gasteiger partial charge is 0.457 e. The van der Waals surface area contributed by atoms with Gasteiger partial charge in [0.05, 0.1) is 16.5 Å². The summed E-state index contributed by atoms with van der Waals surface area (Å²) >= 11 is 18.4. The van der Waals surface area contributed by atoms with Crippen molar-refractivity contribution >= 4 is 69.3 Å². The second-order valence-corrected chi connectivity index (χ2v) is 8.09. The molecule has 3 rings (SSSR count). The van der Waals surface area contributed by atoms with Gasteiger partial charge in [0, 0.05) is 23.8 Å². The number of benzene rings is 1. The van der Waals surface area contributed by atoms with Crippen molar-refractivity contribution in [1.82, 2.24) is 4.90 Å². The summed E-state index contributed by atoms with van der Waals surface area (Å²) in [6.45, 7) is -0.181. The van der Waals surface area contributed by atoms with Gasteiger partial charge in [-0.3, -0.25) is 14.5 Å². The fraction of sp³-hybridized carbons (Fsp3) is 0.167. The van der Waals surface area contributed by atoms with Crippen LogP contribution in [0.2, 0.25) is 10.0 Å². The number of halogens is 2.